The van der Waals surface area contributed by atoms with Crippen LogP contribution in [-0.2, 0) is 27.2 Å². The number of carbonyl (C=O) groups excluding carboxylic acids is 3. The van der Waals surface area contributed by atoms with Gasteiger partial charge >= 0.3 is 0 Å². The Morgan fingerprint density at radius 1 is 1.00 bits per heavy atom. The summed E-state index contributed by atoms with van der Waals surface area (Å²) in [6.07, 6.45) is 1.62. The van der Waals surface area contributed by atoms with E-state index in [2.05, 4.69) is 26.6 Å². The highest BCUT2D eigenvalue weighted by Crippen LogP contribution is 2.31. The lowest BCUT2D eigenvalue weighted by Gasteiger charge is -2.34. The Morgan fingerprint density at radius 3 is 2.18 bits per heavy atom. The number of aromatic hydroxyl groups is 2. The van der Waals surface area contributed by atoms with Gasteiger partial charge in [0.2, 0.25) is 17.7 Å². The molecule has 3 rings (SSSR count). The van der Waals surface area contributed by atoms with Gasteiger partial charge in [-0.25, -0.2) is 0 Å². The molecule has 12 heteroatoms. The zero-order chi connectivity index (χ0) is 32.2. The topological polar surface area (TPSA) is 175 Å². The summed E-state index contributed by atoms with van der Waals surface area (Å²) in [5.74, 6) is -1.16. The average molecular weight is 613 g/mol. The molecule has 4 bridgehead atoms. The van der Waals surface area contributed by atoms with Gasteiger partial charge in [0.15, 0.2) is 0 Å². The summed E-state index contributed by atoms with van der Waals surface area (Å²) in [6.45, 7) is 2.78. The van der Waals surface area contributed by atoms with Gasteiger partial charge in [0.05, 0.1) is 12.6 Å². The molecule has 0 aliphatic carbocycles. The van der Waals surface area contributed by atoms with Crippen LogP contribution in [0.2, 0.25) is 0 Å². The molecule has 0 radical (unpaired) electrons. The van der Waals surface area contributed by atoms with Crippen LogP contribution in [0.5, 0.6) is 11.5 Å². The second kappa shape index (κ2) is 17.0. The summed E-state index contributed by atoms with van der Waals surface area (Å²) in [7, 11) is 5.19. The number of likely N-dealkylation sites (N-methyl/N-ethyl adjacent to an activating group) is 3. The summed E-state index contributed by atoms with van der Waals surface area (Å²) < 4.78 is 0. The quantitative estimate of drug-likeness (QED) is 0.156. The molecule has 1 unspecified atom stereocenters. The number of fused-ring (bicyclic) bond motifs is 5. The van der Waals surface area contributed by atoms with Crippen molar-refractivity contribution in [3.05, 3.63) is 47.5 Å². The molecular weight excluding hydrogens is 564 g/mol. The molecule has 2 aromatic rings. The Bertz CT molecular complexity index is 1270. The molecule has 2 aromatic carbocycles. The number of nitrogens with one attached hydrogen (secondary N) is 5. The number of carbonyl (C=O) groups is 3. The van der Waals surface area contributed by atoms with Crippen molar-refractivity contribution in [1.29, 1.82) is 0 Å². The standard InChI is InChI=1S/C32H48N6O6/c1-5-38-27(31(43)36-14-12-24(19-39)34-3)18-23-16-21(9-11-29(23)41)20-8-10-28(40)22(15-20)17-26(35-4)30(42)37-25(32(38)44)7-6-13-33-2/h8-11,15-16,24-27,33-35,39-41H,5-7,12-14,17-19H2,1-4H3,(H,36,43)(H,37,42)/t24?,25-,26-,27-/m0/s1. The Hall–Kier alpha value is -3.71. The number of hydrogen-bond donors (Lipinski definition) is 8. The molecule has 0 spiro atoms. The van der Waals surface area contributed by atoms with E-state index in [9.17, 15) is 29.7 Å². The van der Waals surface area contributed by atoms with Gasteiger partial charge in [0, 0.05) is 32.0 Å². The largest absolute Gasteiger partial charge is 0.508 e. The third kappa shape index (κ3) is 8.91. The smallest absolute Gasteiger partial charge is 0.245 e. The average Bonchev–Trinajstić information content (AvgIpc) is 3.02. The lowest BCUT2D eigenvalue weighted by molar-refractivity contribution is -0.143. The first-order valence-electron chi connectivity index (χ1n) is 15.3. The second-order valence-corrected chi connectivity index (χ2v) is 11.1. The van der Waals surface area contributed by atoms with E-state index in [4.69, 9.17) is 0 Å². The minimum Gasteiger partial charge on any atom is -0.508 e. The number of aliphatic hydroxyl groups is 1. The fourth-order valence-corrected chi connectivity index (χ4v) is 5.51. The molecule has 12 nitrogen and oxygen atoms in total. The van der Waals surface area contributed by atoms with Crippen LogP contribution in [0.1, 0.15) is 37.3 Å². The van der Waals surface area contributed by atoms with E-state index in [1.807, 2.05) is 7.05 Å². The van der Waals surface area contributed by atoms with Gasteiger partial charge < -0.3 is 46.8 Å². The van der Waals surface area contributed by atoms with Gasteiger partial charge in [-0.1, -0.05) is 12.1 Å². The van der Waals surface area contributed by atoms with Gasteiger partial charge in [0.1, 0.15) is 23.6 Å². The van der Waals surface area contributed by atoms with Crippen LogP contribution in [0.25, 0.3) is 11.1 Å². The summed E-state index contributed by atoms with van der Waals surface area (Å²) in [5, 5.41) is 46.0. The van der Waals surface area contributed by atoms with Crippen LogP contribution in [0, 0.1) is 0 Å². The molecule has 0 saturated carbocycles. The molecule has 1 aliphatic rings. The number of phenols is 2. The van der Waals surface area contributed by atoms with Crippen molar-refractivity contribution >= 4 is 17.7 Å². The van der Waals surface area contributed by atoms with Crippen LogP contribution in [0.15, 0.2) is 36.4 Å². The number of nitrogens with zero attached hydrogens (tertiary/aromatic N) is 1. The molecule has 4 atom stereocenters. The van der Waals surface area contributed by atoms with Gasteiger partial charge in [0.25, 0.3) is 0 Å². The normalized spacial score (nSPS) is 19.9. The van der Waals surface area contributed by atoms with Crippen molar-refractivity contribution in [3.8, 4) is 22.6 Å². The number of aliphatic hydroxyl groups excluding tert-OH is 1. The van der Waals surface area contributed by atoms with E-state index in [-0.39, 0.29) is 50.1 Å². The number of amides is 3. The summed E-state index contributed by atoms with van der Waals surface area (Å²) in [6, 6.07) is 7.40. The Labute approximate surface area is 259 Å². The van der Waals surface area contributed by atoms with E-state index in [0.717, 1.165) is 11.1 Å². The number of rotatable bonds is 12. The molecule has 1 aliphatic heterocycles. The van der Waals surface area contributed by atoms with Crippen LogP contribution in [-0.4, -0.2) is 109 Å². The molecule has 0 fully saturated rings. The fraction of sp³-hybridized carbons (Fsp3) is 0.531. The highest BCUT2D eigenvalue weighted by atomic mass is 16.3. The molecule has 8 N–H and O–H groups in total. The first kappa shape index (κ1) is 34.8. The molecule has 0 saturated heterocycles. The highest BCUT2D eigenvalue weighted by Gasteiger charge is 2.35. The van der Waals surface area contributed by atoms with Gasteiger partial charge in [-0.2, -0.15) is 0 Å². The fourth-order valence-electron chi connectivity index (χ4n) is 5.51. The van der Waals surface area contributed by atoms with Crippen molar-refractivity contribution in [2.45, 2.75) is 63.2 Å². The SMILES string of the molecule is CCN1C(=O)[C@H](CCCNC)NC(=O)[C@@H](NC)Cc2cc(ccc2O)-c2ccc(O)c(c2)C[C@H]1C(=O)NCCC(CO)NC. The monoisotopic (exact) mass is 612 g/mol. The van der Waals surface area contributed by atoms with E-state index >= 15 is 0 Å². The third-order valence-corrected chi connectivity index (χ3v) is 8.25. The molecule has 242 valence electrons. The van der Waals surface area contributed by atoms with Crippen LogP contribution in [0.4, 0.5) is 0 Å². The Balaban J connectivity index is 2.12. The minimum absolute atomic E-state index is 0.0111. The van der Waals surface area contributed by atoms with Crippen molar-refractivity contribution in [2.75, 3.05) is 47.4 Å². The molecular formula is C32H48N6O6. The van der Waals surface area contributed by atoms with Crippen LogP contribution in [0.3, 0.4) is 0 Å². The zero-order valence-corrected chi connectivity index (χ0v) is 26.2. The molecule has 1 heterocycles. The van der Waals surface area contributed by atoms with Crippen molar-refractivity contribution in [2.24, 2.45) is 0 Å². The number of benzene rings is 2. The first-order chi connectivity index (χ1) is 21.2. The van der Waals surface area contributed by atoms with Gasteiger partial charge in [-0.3, -0.25) is 14.4 Å². The Kier molecular flexibility index (Phi) is 13.4. The van der Waals surface area contributed by atoms with Gasteiger partial charge in [-0.15, -0.1) is 0 Å². The van der Waals surface area contributed by atoms with Gasteiger partial charge in [-0.05, 0) is 100 Å². The van der Waals surface area contributed by atoms with Crippen molar-refractivity contribution in [3.63, 3.8) is 0 Å². The third-order valence-electron chi connectivity index (χ3n) is 8.25. The number of hydrogen-bond acceptors (Lipinski definition) is 9. The number of phenolic OH excluding ortho intramolecular Hbond substituents is 2. The maximum Gasteiger partial charge on any atom is 0.245 e. The van der Waals surface area contributed by atoms with E-state index in [1.54, 1.807) is 57.4 Å². The van der Waals surface area contributed by atoms with E-state index in [0.29, 0.717) is 36.9 Å². The van der Waals surface area contributed by atoms with Crippen LogP contribution < -0.4 is 26.6 Å². The molecule has 0 aromatic heterocycles. The molecule has 44 heavy (non-hydrogen) atoms. The lowest BCUT2D eigenvalue weighted by Crippen LogP contribution is -2.58. The molecule has 3 amide bonds. The van der Waals surface area contributed by atoms with E-state index < -0.39 is 35.8 Å². The van der Waals surface area contributed by atoms with Crippen molar-refractivity contribution in [1.82, 2.24) is 31.5 Å². The predicted molar refractivity (Wildman–Crippen MR) is 169 cm³/mol. The minimum atomic E-state index is -0.986. The summed E-state index contributed by atoms with van der Waals surface area (Å²) >= 11 is 0. The van der Waals surface area contributed by atoms with Crippen molar-refractivity contribution < 1.29 is 29.7 Å². The summed E-state index contributed by atoms with van der Waals surface area (Å²) in [5.41, 5.74) is 2.54. The second-order valence-electron chi connectivity index (χ2n) is 11.1. The lowest BCUT2D eigenvalue weighted by atomic mass is 9.95. The van der Waals surface area contributed by atoms with E-state index in [1.165, 1.54) is 4.90 Å². The van der Waals surface area contributed by atoms with Crippen LogP contribution >= 0.6 is 0 Å². The Morgan fingerprint density at radius 2 is 1.64 bits per heavy atom. The predicted octanol–water partition coefficient (Wildman–Crippen LogP) is 0.240. The summed E-state index contributed by atoms with van der Waals surface area (Å²) in [4.78, 5) is 43.0. The first-order valence-corrected chi connectivity index (χ1v) is 15.3. The zero-order valence-electron chi connectivity index (χ0n) is 26.2. The highest BCUT2D eigenvalue weighted by molar-refractivity contribution is 5.93. The maximum atomic E-state index is 14.2. The maximum absolute atomic E-state index is 14.2.